The maximum absolute atomic E-state index is 13.4. The first-order valence-electron chi connectivity index (χ1n) is 6.63. The van der Waals surface area contributed by atoms with E-state index in [4.69, 9.17) is 5.73 Å². The van der Waals surface area contributed by atoms with E-state index in [1.54, 1.807) is 0 Å². The molecule has 0 saturated carbocycles. The molecular weight excluding hydrogens is 297 g/mol. The van der Waals surface area contributed by atoms with Gasteiger partial charge in [0.2, 0.25) is 15.9 Å². The summed E-state index contributed by atoms with van der Waals surface area (Å²) in [7, 11) is -3.73. The van der Waals surface area contributed by atoms with Gasteiger partial charge in [0.15, 0.2) is 0 Å². The molecule has 116 valence electrons. The van der Waals surface area contributed by atoms with Gasteiger partial charge in [-0.25, -0.2) is 12.8 Å². The number of sulfonamides is 1. The van der Waals surface area contributed by atoms with Gasteiger partial charge in [0.05, 0.1) is 10.6 Å². The zero-order valence-electron chi connectivity index (χ0n) is 11.7. The lowest BCUT2D eigenvalue weighted by molar-refractivity contribution is -0.119. The Labute approximate surface area is 123 Å². The summed E-state index contributed by atoms with van der Waals surface area (Å²) in [5.41, 5.74) is 5.27. The Balaban J connectivity index is 2.11. The minimum atomic E-state index is -3.73. The van der Waals surface area contributed by atoms with Crippen LogP contribution in [-0.2, 0) is 14.8 Å². The van der Waals surface area contributed by atoms with E-state index in [0.717, 1.165) is 6.07 Å². The van der Waals surface area contributed by atoms with Gasteiger partial charge in [-0.15, -0.1) is 0 Å². The highest BCUT2D eigenvalue weighted by molar-refractivity contribution is 7.89. The van der Waals surface area contributed by atoms with Gasteiger partial charge in [-0.3, -0.25) is 4.79 Å². The third-order valence-corrected chi connectivity index (χ3v) is 5.37. The Morgan fingerprint density at radius 1 is 1.38 bits per heavy atom. The van der Waals surface area contributed by atoms with Gasteiger partial charge in [0.1, 0.15) is 5.82 Å². The smallest absolute Gasteiger partial charge is 0.243 e. The van der Waals surface area contributed by atoms with Crippen LogP contribution >= 0.6 is 0 Å². The second-order valence-electron chi connectivity index (χ2n) is 5.06. The minimum absolute atomic E-state index is 0.0166. The third kappa shape index (κ3) is 3.51. The maximum Gasteiger partial charge on any atom is 0.243 e. The van der Waals surface area contributed by atoms with Gasteiger partial charge < -0.3 is 11.1 Å². The van der Waals surface area contributed by atoms with Crippen molar-refractivity contribution in [2.24, 2.45) is 0 Å². The number of piperidine rings is 1. The molecule has 1 aliphatic heterocycles. The third-order valence-electron chi connectivity index (χ3n) is 3.47. The van der Waals surface area contributed by atoms with E-state index in [2.05, 4.69) is 5.32 Å². The second kappa shape index (κ2) is 5.98. The van der Waals surface area contributed by atoms with E-state index in [9.17, 15) is 17.6 Å². The summed E-state index contributed by atoms with van der Waals surface area (Å²) in [4.78, 5) is 10.9. The fraction of sp³-hybridized carbons (Fsp3) is 0.462. The molecule has 1 amide bonds. The number of amides is 1. The summed E-state index contributed by atoms with van der Waals surface area (Å²) in [6.45, 7) is 2.01. The molecule has 1 fully saturated rings. The van der Waals surface area contributed by atoms with Gasteiger partial charge in [0.25, 0.3) is 0 Å². The van der Waals surface area contributed by atoms with Crippen molar-refractivity contribution in [1.29, 1.82) is 0 Å². The highest BCUT2D eigenvalue weighted by Gasteiger charge is 2.30. The molecule has 0 radical (unpaired) electrons. The normalized spacial score (nSPS) is 17.6. The average Bonchev–Trinajstić information content (AvgIpc) is 2.41. The van der Waals surface area contributed by atoms with Crippen molar-refractivity contribution in [2.75, 3.05) is 18.8 Å². The summed E-state index contributed by atoms with van der Waals surface area (Å²) >= 11 is 0. The first kappa shape index (κ1) is 15.7. The number of hydrogen-bond donors (Lipinski definition) is 2. The summed E-state index contributed by atoms with van der Waals surface area (Å²) in [6.07, 6.45) is 1.08. The molecular formula is C13H18FN3O3S. The number of nitrogens with zero attached hydrogens (tertiary/aromatic N) is 1. The first-order chi connectivity index (χ1) is 9.80. The first-order valence-corrected chi connectivity index (χ1v) is 8.07. The monoisotopic (exact) mass is 315 g/mol. The van der Waals surface area contributed by atoms with E-state index < -0.39 is 15.8 Å². The molecule has 1 aromatic rings. The molecule has 6 nitrogen and oxygen atoms in total. The molecule has 2 rings (SSSR count). The quantitative estimate of drug-likeness (QED) is 0.803. The Kier molecular flexibility index (Phi) is 4.48. The largest absolute Gasteiger partial charge is 0.396 e. The van der Waals surface area contributed by atoms with Crippen LogP contribution < -0.4 is 11.1 Å². The Morgan fingerprint density at radius 2 is 2.00 bits per heavy atom. The standard InChI is InChI=1S/C13H18FN3O3S/c1-9(18)16-10-4-6-17(7-5-10)21(19,20)11-2-3-13(15)12(14)8-11/h2-3,8,10H,4-7,15H2,1H3,(H,16,18). The molecule has 8 heteroatoms. The second-order valence-corrected chi connectivity index (χ2v) is 7.00. The predicted molar refractivity (Wildman–Crippen MR) is 76.4 cm³/mol. The molecule has 1 aromatic carbocycles. The summed E-state index contributed by atoms with van der Waals surface area (Å²) in [6, 6.07) is 3.46. The summed E-state index contributed by atoms with van der Waals surface area (Å²) in [5, 5.41) is 2.77. The van der Waals surface area contributed by atoms with Crippen LogP contribution in [0.15, 0.2) is 23.1 Å². The molecule has 0 aromatic heterocycles. The van der Waals surface area contributed by atoms with E-state index in [1.807, 2.05) is 0 Å². The lowest BCUT2D eigenvalue weighted by Gasteiger charge is -2.31. The van der Waals surface area contributed by atoms with Gasteiger partial charge in [-0.2, -0.15) is 4.31 Å². The molecule has 1 aliphatic rings. The number of halogens is 1. The summed E-state index contributed by atoms with van der Waals surface area (Å²) < 4.78 is 39.6. The Morgan fingerprint density at radius 3 is 2.52 bits per heavy atom. The number of anilines is 1. The minimum Gasteiger partial charge on any atom is -0.396 e. The molecule has 0 unspecified atom stereocenters. The van der Waals surface area contributed by atoms with Crippen molar-refractivity contribution < 1.29 is 17.6 Å². The highest BCUT2D eigenvalue weighted by atomic mass is 32.2. The fourth-order valence-corrected chi connectivity index (χ4v) is 3.83. The van der Waals surface area contributed by atoms with Crippen LogP contribution in [0.4, 0.5) is 10.1 Å². The van der Waals surface area contributed by atoms with Crippen LogP contribution in [0.3, 0.4) is 0 Å². The van der Waals surface area contributed by atoms with Crippen molar-refractivity contribution in [3.8, 4) is 0 Å². The van der Waals surface area contributed by atoms with Crippen LogP contribution in [0.5, 0.6) is 0 Å². The van der Waals surface area contributed by atoms with Crippen LogP contribution in [0.2, 0.25) is 0 Å². The molecule has 21 heavy (non-hydrogen) atoms. The number of carbonyl (C=O) groups excluding carboxylic acids is 1. The Hall–Kier alpha value is -1.67. The van der Waals surface area contributed by atoms with E-state index >= 15 is 0 Å². The van der Waals surface area contributed by atoms with Crippen molar-refractivity contribution in [3.63, 3.8) is 0 Å². The fourth-order valence-electron chi connectivity index (χ4n) is 2.35. The van der Waals surface area contributed by atoms with Gasteiger partial charge in [0, 0.05) is 26.1 Å². The lowest BCUT2D eigenvalue weighted by atomic mass is 10.1. The molecule has 0 atom stereocenters. The lowest BCUT2D eigenvalue weighted by Crippen LogP contribution is -2.46. The highest BCUT2D eigenvalue weighted by Crippen LogP contribution is 2.23. The zero-order valence-corrected chi connectivity index (χ0v) is 12.5. The van der Waals surface area contributed by atoms with Crippen molar-refractivity contribution in [2.45, 2.75) is 30.7 Å². The number of nitrogens with two attached hydrogens (primary N) is 1. The van der Waals surface area contributed by atoms with E-state index in [-0.39, 0.29) is 22.5 Å². The van der Waals surface area contributed by atoms with Crippen molar-refractivity contribution >= 4 is 21.6 Å². The predicted octanol–water partition coefficient (Wildman–Crippen LogP) is 0.697. The molecule has 0 spiro atoms. The number of hydrogen-bond acceptors (Lipinski definition) is 4. The van der Waals surface area contributed by atoms with Crippen molar-refractivity contribution in [1.82, 2.24) is 9.62 Å². The molecule has 1 saturated heterocycles. The number of nitrogen functional groups attached to an aromatic ring is 1. The SMILES string of the molecule is CC(=O)NC1CCN(S(=O)(=O)c2ccc(N)c(F)c2)CC1. The number of nitrogens with one attached hydrogen (secondary N) is 1. The van der Waals surface area contributed by atoms with E-state index in [0.29, 0.717) is 25.9 Å². The average molecular weight is 315 g/mol. The van der Waals surface area contributed by atoms with Crippen LogP contribution in [0.25, 0.3) is 0 Å². The zero-order chi connectivity index (χ0) is 15.6. The molecule has 0 aliphatic carbocycles. The van der Waals surface area contributed by atoms with Crippen molar-refractivity contribution in [3.05, 3.63) is 24.0 Å². The molecule has 3 N–H and O–H groups in total. The molecule has 0 bridgehead atoms. The van der Waals surface area contributed by atoms with Gasteiger partial charge >= 0.3 is 0 Å². The topological polar surface area (TPSA) is 92.5 Å². The van der Waals surface area contributed by atoms with Gasteiger partial charge in [-0.1, -0.05) is 0 Å². The number of carbonyl (C=O) groups is 1. The number of benzene rings is 1. The number of rotatable bonds is 3. The maximum atomic E-state index is 13.4. The summed E-state index contributed by atoms with van der Waals surface area (Å²) in [5.74, 6) is -0.874. The van der Waals surface area contributed by atoms with Gasteiger partial charge in [-0.05, 0) is 31.0 Å². The Bertz CT molecular complexity index is 640. The van der Waals surface area contributed by atoms with Crippen LogP contribution in [0, 0.1) is 5.82 Å². The van der Waals surface area contributed by atoms with Crippen LogP contribution in [-0.4, -0.2) is 37.8 Å². The molecule has 1 heterocycles. The van der Waals surface area contributed by atoms with Crippen LogP contribution in [0.1, 0.15) is 19.8 Å². The van der Waals surface area contributed by atoms with E-state index in [1.165, 1.54) is 23.4 Å².